The van der Waals surface area contributed by atoms with Gasteiger partial charge in [-0.05, 0) is 30.9 Å². The minimum atomic E-state index is -0.350. The molecule has 18 heavy (non-hydrogen) atoms. The second kappa shape index (κ2) is 4.29. The van der Waals surface area contributed by atoms with Gasteiger partial charge in [0.25, 0.3) is 0 Å². The van der Waals surface area contributed by atoms with E-state index in [1.54, 1.807) is 18.6 Å². The third kappa shape index (κ3) is 1.90. The van der Waals surface area contributed by atoms with Crippen molar-refractivity contribution in [1.82, 2.24) is 20.5 Å². The SMILES string of the molecule is O=C(Cc1ccoc1)NC1(c2ncn[nH]2)CCC1. The van der Waals surface area contributed by atoms with Gasteiger partial charge in [0.1, 0.15) is 12.2 Å². The summed E-state index contributed by atoms with van der Waals surface area (Å²) in [5.41, 5.74) is 0.525. The second-order valence-corrected chi connectivity index (χ2v) is 4.63. The molecule has 1 aliphatic carbocycles. The van der Waals surface area contributed by atoms with Gasteiger partial charge in [-0.1, -0.05) is 0 Å². The van der Waals surface area contributed by atoms with Crippen LogP contribution in [0.5, 0.6) is 0 Å². The minimum Gasteiger partial charge on any atom is -0.472 e. The van der Waals surface area contributed by atoms with Crippen molar-refractivity contribution in [2.24, 2.45) is 0 Å². The van der Waals surface area contributed by atoms with Gasteiger partial charge in [-0.25, -0.2) is 4.98 Å². The summed E-state index contributed by atoms with van der Waals surface area (Å²) in [7, 11) is 0. The molecule has 0 saturated heterocycles. The van der Waals surface area contributed by atoms with Gasteiger partial charge >= 0.3 is 0 Å². The first-order valence-electron chi connectivity index (χ1n) is 5.96. The molecule has 2 N–H and O–H groups in total. The molecule has 3 rings (SSSR count). The summed E-state index contributed by atoms with van der Waals surface area (Å²) >= 11 is 0. The van der Waals surface area contributed by atoms with Crippen LogP contribution in [0.15, 0.2) is 29.3 Å². The quantitative estimate of drug-likeness (QED) is 0.847. The zero-order valence-corrected chi connectivity index (χ0v) is 9.85. The third-order valence-corrected chi connectivity index (χ3v) is 3.40. The highest BCUT2D eigenvalue weighted by Gasteiger charge is 2.42. The van der Waals surface area contributed by atoms with Crippen LogP contribution in [-0.4, -0.2) is 21.1 Å². The van der Waals surface area contributed by atoms with Crippen LogP contribution in [0.3, 0.4) is 0 Å². The van der Waals surface area contributed by atoms with Gasteiger partial charge in [0.15, 0.2) is 0 Å². The molecule has 1 saturated carbocycles. The lowest BCUT2D eigenvalue weighted by atomic mass is 9.76. The number of nitrogens with zero attached hydrogens (tertiary/aromatic N) is 2. The highest BCUT2D eigenvalue weighted by Crippen LogP contribution is 2.39. The molecule has 0 aliphatic heterocycles. The maximum Gasteiger partial charge on any atom is 0.225 e. The molecular formula is C12H14N4O2. The Morgan fingerprint density at radius 2 is 2.44 bits per heavy atom. The van der Waals surface area contributed by atoms with E-state index in [1.165, 1.54) is 6.33 Å². The molecule has 0 atom stereocenters. The number of H-pyrrole nitrogens is 1. The predicted molar refractivity (Wildman–Crippen MR) is 62.5 cm³/mol. The summed E-state index contributed by atoms with van der Waals surface area (Å²) in [6, 6.07) is 1.79. The van der Waals surface area contributed by atoms with Gasteiger partial charge in [0.05, 0.1) is 24.5 Å². The van der Waals surface area contributed by atoms with Crippen molar-refractivity contribution in [1.29, 1.82) is 0 Å². The summed E-state index contributed by atoms with van der Waals surface area (Å²) in [5.74, 6) is 0.724. The first-order chi connectivity index (χ1) is 8.78. The average molecular weight is 246 g/mol. The van der Waals surface area contributed by atoms with E-state index in [0.717, 1.165) is 30.7 Å². The number of hydrogen-bond acceptors (Lipinski definition) is 4. The van der Waals surface area contributed by atoms with Gasteiger partial charge < -0.3 is 9.73 Å². The Bertz CT molecular complexity index is 514. The standard InChI is InChI=1S/C12H14N4O2/c17-10(6-9-2-5-18-7-9)15-12(3-1-4-12)11-13-8-14-16-11/h2,5,7-8H,1,3-4,6H2,(H,15,17)(H,13,14,16). The van der Waals surface area contributed by atoms with Gasteiger partial charge in [-0.2, -0.15) is 5.10 Å². The first-order valence-corrected chi connectivity index (χ1v) is 5.96. The van der Waals surface area contributed by atoms with Crippen LogP contribution in [-0.2, 0) is 16.8 Å². The van der Waals surface area contributed by atoms with Gasteiger partial charge in [-0.15, -0.1) is 0 Å². The Kier molecular flexibility index (Phi) is 2.62. The maximum atomic E-state index is 12.0. The lowest BCUT2D eigenvalue weighted by Gasteiger charge is -2.40. The van der Waals surface area contributed by atoms with Gasteiger partial charge in [-0.3, -0.25) is 9.89 Å². The van der Waals surface area contributed by atoms with E-state index in [1.807, 2.05) is 0 Å². The molecule has 2 heterocycles. The van der Waals surface area contributed by atoms with E-state index >= 15 is 0 Å². The van der Waals surface area contributed by atoms with Crippen LogP contribution in [0.2, 0.25) is 0 Å². The van der Waals surface area contributed by atoms with E-state index < -0.39 is 0 Å². The van der Waals surface area contributed by atoms with Crippen molar-refractivity contribution in [3.63, 3.8) is 0 Å². The highest BCUT2D eigenvalue weighted by molar-refractivity contribution is 5.79. The molecule has 94 valence electrons. The summed E-state index contributed by atoms with van der Waals surface area (Å²) < 4.78 is 4.95. The Balaban J connectivity index is 1.69. The zero-order valence-electron chi connectivity index (χ0n) is 9.85. The molecule has 0 bridgehead atoms. The van der Waals surface area contributed by atoms with Crippen LogP contribution in [0, 0.1) is 0 Å². The van der Waals surface area contributed by atoms with E-state index in [9.17, 15) is 4.79 Å². The predicted octanol–water partition coefficient (Wildman–Crippen LogP) is 1.14. The van der Waals surface area contributed by atoms with E-state index in [4.69, 9.17) is 4.42 Å². The number of furan rings is 1. The average Bonchev–Trinajstić information content (AvgIpc) is 2.95. The van der Waals surface area contributed by atoms with Crippen LogP contribution >= 0.6 is 0 Å². The molecule has 0 radical (unpaired) electrons. The van der Waals surface area contributed by atoms with E-state index in [2.05, 4.69) is 20.5 Å². The smallest absolute Gasteiger partial charge is 0.225 e. The number of aromatic nitrogens is 3. The molecule has 6 nitrogen and oxygen atoms in total. The van der Waals surface area contributed by atoms with Crippen LogP contribution in [0.25, 0.3) is 0 Å². The largest absolute Gasteiger partial charge is 0.472 e. The zero-order chi connectivity index (χ0) is 12.4. The topological polar surface area (TPSA) is 83.8 Å². The number of aromatic amines is 1. The van der Waals surface area contributed by atoms with Crippen LogP contribution < -0.4 is 5.32 Å². The Morgan fingerprint density at radius 1 is 1.56 bits per heavy atom. The molecule has 6 heteroatoms. The van der Waals surface area contributed by atoms with Crippen molar-refractivity contribution in [2.45, 2.75) is 31.2 Å². The van der Waals surface area contributed by atoms with Gasteiger partial charge in [0.2, 0.25) is 5.91 Å². The van der Waals surface area contributed by atoms with E-state index in [0.29, 0.717) is 6.42 Å². The molecular weight excluding hydrogens is 232 g/mol. The second-order valence-electron chi connectivity index (χ2n) is 4.63. The number of nitrogens with one attached hydrogen (secondary N) is 2. The van der Waals surface area contributed by atoms with Crippen LogP contribution in [0.4, 0.5) is 0 Å². The summed E-state index contributed by atoms with van der Waals surface area (Å²) in [4.78, 5) is 16.2. The fourth-order valence-electron chi connectivity index (χ4n) is 2.28. The molecule has 0 spiro atoms. The minimum absolute atomic E-state index is 0.0208. The highest BCUT2D eigenvalue weighted by atomic mass is 16.3. The number of amides is 1. The number of rotatable bonds is 4. The number of carbonyl (C=O) groups excluding carboxylic acids is 1. The number of hydrogen-bond donors (Lipinski definition) is 2. The summed E-state index contributed by atoms with van der Waals surface area (Å²) in [5, 5.41) is 9.76. The normalized spacial score (nSPS) is 17.1. The van der Waals surface area contributed by atoms with Gasteiger partial charge in [0, 0.05) is 0 Å². The Hall–Kier alpha value is -2.11. The molecule has 2 aromatic heterocycles. The van der Waals surface area contributed by atoms with Crippen molar-refractivity contribution in [3.05, 3.63) is 36.3 Å². The molecule has 1 fully saturated rings. The molecule has 0 aromatic carbocycles. The summed E-state index contributed by atoms with van der Waals surface area (Å²) in [6.07, 6.45) is 7.84. The Morgan fingerprint density at radius 3 is 3.00 bits per heavy atom. The maximum absolute atomic E-state index is 12.0. The molecule has 1 amide bonds. The van der Waals surface area contributed by atoms with Crippen molar-refractivity contribution < 1.29 is 9.21 Å². The lowest BCUT2D eigenvalue weighted by Crippen LogP contribution is -2.52. The molecule has 0 unspecified atom stereocenters. The molecule has 2 aromatic rings. The van der Waals surface area contributed by atoms with Crippen molar-refractivity contribution in [2.75, 3.05) is 0 Å². The lowest BCUT2D eigenvalue weighted by molar-refractivity contribution is -0.123. The summed E-state index contributed by atoms with van der Waals surface area (Å²) in [6.45, 7) is 0. The monoisotopic (exact) mass is 246 g/mol. The third-order valence-electron chi connectivity index (χ3n) is 3.40. The van der Waals surface area contributed by atoms with E-state index in [-0.39, 0.29) is 11.4 Å². The van der Waals surface area contributed by atoms with Crippen molar-refractivity contribution >= 4 is 5.91 Å². The molecule has 1 aliphatic rings. The first kappa shape index (κ1) is 11.0. The number of carbonyl (C=O) groups is 1. The fourth-order valence-corrected chi connectivity index (χ4v) is 2.28. The fraction of sp³-hybridized carbons (Fsp3) is 0.417. The Labute approximate surface area is 104 Å². The van der Waals surface area contributed by atoms with Crippen LogP contribution in [0.1, 0.15) is 30.7 Å². The van der Waals surface area contributed by atoms with Crippen molar-refractivity contribution in [3.8, 4) is 0 Å².